The second-order valence-corrected chi connectivity index (χ2v) is 10.1. The van der Waals surface area contributed by atoms with Gasteiger partial charge in [0.2, 0.25) is 5.91 Å². The molecule has 1 saturated heterocycles. The standard InChI is InChI=1S/C23H22N6O8S/c1-25-20(30)11-28(22(25)31)19-6-15(13-2-3-13)8-26-9-16(24-21(19)26)10-27(23(32)33)17-5-4-14(12-38(36)37)18(7-17)29(34)35/h4-9,13H,2-3,10-12H2,1H3,(H,32,33)(H,36,37). The monoisotopic (exact) mass is 542 g/mol. The Balaban J connectivity index is 1.53. The maximum Gasteiger partial charge on any atom is 0.412 e. The first kappa shape index (κ1) is 25.3. The fraction of sp³-hybridized carbons (Fsp3) is 0.304. The van der Waals surface area contributed by atoms with Crippen LogP contribution in [0.1, 0.15) is 35.6 Å². The number of carbonyl (C=O) groups is 3. The molecule has 3 heterocycles. The van der Waals surface area contributed by atoms with Crippen molar-refractivity contribution in [1.82, 2.24) is 14.3 Å². The summed E-state index contributed by atoms with van der Waals surface area (Å²) in [6.07, 6.45) is 4.06. The van der Waals surface area contributed by atoms with Gasteiger partial charge < -0.3 is 14.1 Å². The number of nitro benzene ring substituents is 1. The van der Waals surface area contributed by atoms with Gasteiger partial charge in [-0.15, -0.1) is 0 Å². The third-order valence-electron chi connectivity index (χ3n) is 6.53. The fourth-order valence-electron chi connectivity index (χ4n) is 4.43. The SMILES string of the molecule is CN1C(=O)CN(c2cc(C3CC3)cn3cc(CN(C(=O)O)c4ccc(CS(=O)O)c([N+](=O)[O-])c4)nc23)C1=O. The van der Waals surface area contributed by atoms with Crippen LogP contribution in [-0.2, 0) is 28.2 Å². The molecular weight excluding hydrogens is 520 g/mol. The lowest BCUT2D eigenvalue weighted by Gasteiger charge is -2.18. The highest BCUT2D eigenvalue weighted by Gasteiger charge is 2.36. The minimum atomic E-state index is -2.32. The summed E-state index contributed by atoms with van der Waals surface area (Å²) in [7, 11) is 1.40. The van der Waals surface area contributed by atoms with Gasteiger partial charge in [-0.25, -0.2) is 18.8 Å². The van der Waals surface area contributed by atoms with E-state index in [2.05, 4.69) is 4.98 Å². The summed E-state index contributed by atoms with van der Waals surface area (Å²) < 4.78 is 22.0. The molecule has 198 valence electrons. The lowest BCUT2D eigenvalue weighted by atomic mass is 10.1. The zero-order valence-corrected chi connectivity index (χ0v) is 20.8. The van der Waals surface area contributed by atoms with Crippen LogP contribution >= 0.6 is 0 Å². The quantitative estimate of drug-likeness (QED) is 0.187. The van der Waals surface area contributed by atoms with Crippen LogP contribution in [0.3, 0.4) is 0 Å². The van der Waals surface area contributed by atoms with Crippen molar-refractivity contribution in [2.75, 3.05) is 23.4 Å². The number of amides is 4. The van der Waals surface area contributed by atoms with Gasteiger partial charge in [0.15, 0.2) is 16.7 Å². The molecule has 0 bridgehead atoms. The van der Waals surface area contributed by atoms with E-state index in [1.807, 2.05) is 12.3 Å². The van der Waals surface area contributed by atoms with Crippen molar-refractivity contribution in [2.45, 2.75) is 31.1 Å². The van der Waals surface area contributed by atoms with E-state index in [4.69, 9.17) is 4.55 Å². The van der Waals surface area contributed by atoms with E-state index in [1.165, 1.54) is 24.1 Å². The number of imide groups is 1. The van der Waals surface area contributed by atoms with Crippen molar-refractivity contribution in [3.8, 4) is 0 Å². The van der Waals surface area contributed by atoms with E-state index in [1.54, 1.807) is 10.6 Å². The number of fused-ring (bicyclic) bond motifs is 1. The number of anilines is 2. The molecule has 2 aliphatic rings. The Morgan fingerprint density at radius 2 is 2.00 bits per heavy atom. The molecule has 0 radical (unpaired) electrons. The minimum Gasteiger partial charge on any atom is -0.465 e. The molecule has 15 heteroatoms. The molecule has 1 saturated carbocycles. The van der Waals surface area contributed by atoms with Gasteiger partial charge in [-0.3, -0.25) is 29.6 Å². The molecule has 1 aliphatic carbocycles. The second-order valence-electron chi connectivity index (χ2n) is 9.12. The minimum absolute atomic E-state index is 0.00954. The van der Waals surface area contributed by atoms with Crippen molar-refractivity contribution < 1.29 is 33.2 Å². The van der Waals surface area contributed by atoms with Gasteiger partial charge in [-0.2, -0.15) is 0 Å². The van der Waals surface area contributed by atoms with Crippen molar-refractivity contribution >= 4 is 51.8 Å². The number of carboxylic acid groups (broad SMARTS) is 1. The average molecular weight is 543 g/mol. The van der Waals surface area contributed by atoms with E-state index < -0.39 is 39.6 Å². The number of nitro groups is 1. The summed E-state index contributed by atoms with van der Waals surface area (Å²) >= 11 is -2.32. The number of hydrogen-bond donors (Lipinski definition) is 2. The zero-order chi connectivity index (χ0) is 27.3. The first-order valence-corrected chi connectivity index (χ1v) is 12.8. The van der Waals surface area contributed by atoms with Gasteiger partial charge >= 0.3 is 12.1 Å². The van der Waals surface area contributed by atoms with Crippen molar-refractivity contribution in [1.29, 1.82) is 0 Å². The summed E-state index contributed by atoms with van der Waals surface area (Å²) in [5.41, 5.74) is 1.55. The Labute approximate surface area is 217 Å². The van der Waals surface area contributed by atoms with Crippen LogP contribution < -0.4 is 9.80 Å². The molecule has 2 N–H and O–H groups in total. The van der Waals surface area contributed by atoms with Crippen molar-refractivity contribution in [3.63, 3.8) is 0 Å². The molecule has 14 nitrogen and oxygen atoms in total. The fourth-order valence-corrected chi connectivity index (χ4v) is 4.94. The molecule has 3 aromatic rings. The van der Waals surface area contributed by atoms with E-state index >= 15 is 0 Å². The second kappa shape index (κ2) is 9.50. The van der Waals surface area contributed by atoms with Crippen LogP contribution in [0, 0.1) is 10.1 Å². The van der Waals surface area contributed by atoms with Crippen LogP contribution in [0.15, 0.2) is 36.7 Å². The highest BCUT2D eigenvalue weighted by molar-refractivity contribution is 7.78. The normalized spacial score (nSPS) is 16.4. The third kappa shape index (κ3) is 4.68. The van der Waals surface area contributed by atoms with Gasteiger partial charge in [0.25, 0.3) is 5.69 Å². The molecular formula is C23H22N6O8S. The number of hydrogen-bond acceptors (Lipinski definition) is 7. The number of carbonyl (C=O) groups excluding carboxylic acids is 2. The van der Waals surface area contributed by atoms with Crippen LogP contribution in [0.4, 0.5) is 26.7 Å². The summed E-state index contributed by atoms with van der Waals surface area (Å²) in [5.74, 6) is -0.517. The number of urea groups is 1. The topological polar surface area (TPSA) is 179 Å². The number of nitrogens with zero attached hydrogens (tertiary/aromatic N) is 6. The third-order valence-corrected chi connectivity index (χ3v) is 7.09. The molecule has 1 atom stereocenters. The van der Waals surface area contributed by atoms with Crippen LogP contribution in [0.25, 0.3) is 5.65 Å². The Morgan fingerprint density at radius 3 is 2.58 bits per heavy atom. The van der Waals surface area contributed by atoms with E-state index in [9.17, 15) is 33.8 Å². The number of rotatable bonds is 8. The summed E-state index contributed by atoms with van der Waals surface area (Å²) in [6.45, 7) is -0.415. The largest absolute Gasteiger partial charge is 0.465 e. The van der Waals surface area contributed by atoms with Crippen molar-refractivity contribution in [2.24, 2.45) is 0 Å². The van der Waals surface area contributed by atoms with Gasteiger partial charge in [0.05, 0.1) is 34.3 Å². The van der Waals surface area contributed by atoms with E-state index in [0.29, 0.717) is 22.9 Å². The highest BCUT2D eigenvalue weighted by atomic mass is 32.2. The maximum atomic E-state index is 12.7. The Hall–Kier alpha value is -4.37. The smallest absolute Gasteiger partial charge is 0.412 e. The van der Waals surface area contributed by atoms with Gasteiger partial charge in [-0.1, -0.05) is 0 Å². The molecule has 4 amide bonds. The summed E-state index contributed by atoms with van der Waals surface area (Å²) in [4.78, 5) is 55.6. The molecule has 0 spiro atoms. The molecule has 5 rings (SSSR count). The Bertz CT molecular complexity index is 1530. The summed E-state index contributed by atoms with van der Waals surface area (Å²) in [5, 5.41) is 21.4. The zero-order valence-electron chi connectivity index (χ0n) is 20.0. The Kier molecular flexibility index (Phi) is 6.32. The number of benzene rings is 1. The average Bonchev–Trinajstić information content (AvgIpc) is 3.58. The number of imidazole rings is 1. The van der Waals surface area contributed by atoms with Gasteiger partial charge in [0, 0.05) is 31.1 Å². The Morgan fingerprint density at radius 1 is 1.26 bits per heavy atom. The van der Waals surface area contributed by atoms with E-state index in [-0.39, 0.29) is 30.2 Å². The predicted octanol–water partition coefficient (Wildman–Crippen LogP) is 2.92. The number of pyridine rings is 1. The van der Waals surface area contributed by atoms with Crippen molar-refractivity contribution in [3.05, 3.63) is 63.6 Å². The summed E-state index contributed by atoms with van der Waals surface area (Å²) in [6, 6.07) is 4.94. The lowest BCUT2D eigenvalue weighted by Crippen LogP contribution is -2.30. The molecule has 38 heavy (non-hydrogen) atoms. The first-order valence-electron chi connectivity index (χ1n) is 11.5. The molecule has 1 aromatic carbocycles. The molecule has 1 aliphatic heterocycles. The van der Waals surface area contributed by atoms with Crippen LogP contribution in [-0.4, -0.2) is 64.7 Å². The predicted molar refractivity (Wildman–Crippen MR) is 134 cm³/mol. The molecule has 2 aromatic heterocycles. The lowest BCUT2D eigenvalue weighted by molar-refractivity contribution is -0.385. The maximum absolute atomic E-state index is 12.7. The van der Waals surface area contributed by atoms with E-state index in [0.717, 1.165) is 34.3 Å². The van der Waals surface area contributed by atoms with Crippen LogP contribution in [0.2, 0.25) is 0 Å². The number of likely N-dealkylation sites (N-methyl/N-ethyl adjacent to an activating group) is 1. The molecule has 1 unspecified atom stereocenters. The van der Waals surface area contributed by atoms with Gasteiger partial charge in [0.1, 0.15) is 6.54 Å². The number of aromatic nitrogens is 2. The molecule has 2 fully saturated rings. The van der Waals surface area contributed by atoms with Crippen LogP contribution in [0.5, 0.6) is 0 Å². The highest BCUT2D eigenvalue weighted by Crippen LogP contribution is 2.42. The first-order chi connectivity index (χ1) is 18.0. The van der Waals surface area contributed by atoms with Gasteiger partial charge in [-0.05, 0) is 42.5 Å².